The number of anilines is 2. The number of nitrogens with one attached hydrogen (secondary N) is 1. The van der Waals surface area contributed by atoms with E-state index in [-0.39, 0.29) is 17.1 Å². The molecule has 6 heteroatoms. The SMILES string of the molecule is CCN(c1ccccc1)S(=O)(=O)c1ccccc1NC(=O)/C=C/c1ccc(C)cc1. The Kier molecular flexibility index (Phi) is 6.69. The van der Waals surface area contributed by atoms with E-state index in [1.165, 1.54) is 16.4 Å². The van der Waals surface area contributed by atoms with Gasteiger partial charge in [-0.2, -0.15) is 0 Å². The van der Waals surface area contributed by atoms with E-state index in [0.29, 0.717) is 5.69 Å². The lowest BCUT2D eigenvalue weighted by Gasteiger charge is -2.24. The first-order valence-electron chi connectivity index (χ1n) is 9.64. The highest BCUT2D eigenvalue weighted by Gasteiger charge is 2.26. The minimum Gasteiger partial charge on any atom is -0.321 e. The molecule has 3 rings (SSSR count). The lowest BCUT2D eigenvalue weighted by Crippen LogP contribution is -2.31. The first kappa shape index (κ1) is 21.3. The zero-order valence-corrected chi connectivity index (χ0v) is 17.8. The molecule has 0 bridgehead atoms. The second kappa shape index (κ2) is 9.41. The Labute approximate surface area is 177 Å². The Balaban J connectivity index is 1.86. The minimum absolute atomic E-state index is 0.0489. The molecule has 0 fully saturated rings. The van der Waals surface area contributed by atoms with Gasteiger partial charge in [0.25, 0.3) is 10.0 Å². The van der Waals surface area contributed by atoms with Crippen molar-refractivity contribution in [2.45, 2.75) is 18.7 Å². The molecule has 3 aromatic rings. The Hall–Kier alpha value is -3.38. The minimum atomic E-state index is -3.86. The number of amides is 1. The van der Waals surface area contributed by atoms with Gasteiger partial charge in [-0.05, 0) is 49.8 Å². The highest BCUT2D eigenvalue weighted by Crippen LogP contribution is 2.28. The van der Waals surface area contributed by atoms with E-state index in [1.54, 1.807) is 55.5 Å². The molecule has 0 aromatic heterocycles. The van der Waals surface area contributed by atoms with Crippen molar-refractivity contribution >= 4 is 33.4 Å². The van der Waals surface area contributed by atoms with Crippen LogP contribution >= 0.6 is 0 Å². The molecule has 5 nitrogen and oxygen atoms in total. The van der Waals surface area contributed by atoms with Gasteiger partial charge in [0, 0.05) is 12.6 Å². The third-order valence-electron chi connectivity index (χ3n) is 4.55. The molecule has 1 amide bonds. The largest absolute Gasteiger partial charge is 0.321 e. The topological polar surface area (TPSA) is 66.5 Å². The third kappa shape index (κ3) is 4.96. The van der Waals surface area contributed by atoms with Gasteiger partial charge >= 0.3 is 0 Å². The van der Waals surface area contributed by atoms with Crippen LogP contribution in [0.25, 0.3) is 6.08 Å². The second-order valence-corrected chi connectivity index (χ2v) is 8.57. The summed E-state index contributed by atoms with van der Waals surface area (Å²) in [6.45, 7) is 4.03. The Morgan fingerprint density at radius 2 is 1.57 bits per heavy atom. The lowest BCUT2D eigenvalue weighted by molar-refractivity contribution is -0.111. The number of aryl methyl sites for hydroxylation is 1. The summed E-state index contributed by atoms with van der Waals surface area (Å²) in [7, 11) is -3.86. The van der Waals surface area contributed by atoms with Gasteiger partial charge in [0.05, 0.1) is 11.4 Å². The summed E-state index contributed by atoms with van der Waals surface area (Å²) in [5, 5.41) is 2.70. The van der Waals surface area contributed by atoms with Gasteiger partial charge in [0.15, 0.2) is 0 Å². The van der Waals surface area contributed by atoms with E-state index in [9.17, 15) is 13.2 Å². The third-order valence-corrected chi connectivity index (χ3v) is 6.51. The van der Waals surface area contributed by atoms with Crippen molar-refractivity contribution in [2.75, 3.05) is 16.2 Å². The molecule has 3 aromatic carbocycles. The van der Waals surface area contributed by atoms with Crippen molar-refractivity contribution in [1.29, 1.82) is 0 Å². The summed E-state index contributed by atoms with van der Waals surface area (Å²) >= 11 is 0. The van der Waals surface area contributed by atoms with Gasteiger partial charge in [-0.25, -0.2) is 8.42 Å². The van der Waals surface area contributed by atoms with E-state index < -0.39 is 15.9 Å². The Bertz CT molecular complexity index is 1140. The molecule has 0 saturated carbocycles. The number of carbonyl (C=O) groups is 1. The van der Waals surface area contributed by atoms with Crippen LogP contribution in [0.2, 0.25) is 0 Å². The van der Waals surface area contributed by atoms with Crippen LogP contribution in [0.1, 0.15) is 18.1 Å². The van der Waals surface area contributed by atoms with Crippen LogP contribution < -0.4 is 9.62 Å². The first-order valence-corrected chi connectivity index (χ1v) is 11.1. The van der Waals surface area contributed by atoms with Crippen molar-refractivity contribution in [1.82, 2.24) is 0 Å². The number of nitrogens with zero attached hydrogens (tertiary/aromatic N) is 1. The van der Waals surface area contributed by atoms with E-state index in [0.717, 1.165) is 11.1 Å². The summed E-state index contributed by atoms with van der Waals surface area (Å²) in [6.07, 6.45) is 3.08. The summed E-state index contributed by atoms with van der Waals surface area (Å²) in [4.78, 5) is 12.5. The standard InChI is InChI=1S/C24H24N2O3S/c1-3-26(21-9-5-4-6-10-21)30(28,29)23-12-8-7-11-22(23)25-24(27)18-17-20-15-13-19(2)14-16-20/h4-18H,3H2,1-2H3,(H,25,27)/b18-17+. The van der Waals surface area contributed by atoms with Crippen LogP contribution in [-0.4, -0.2) is 20.9 Å². The van der Waals surface area contributed by atoms with Gasteiger partial charge in [-0.3, -0.25) is 9.10 Å². The molecular weight excluding hydrogens is 396 g/mol. The molecule has 0 saturated heterocycles. The van der Waals surface area contributed by atoms with E-state index in [4.69, 9.17) is 0 Å². The average molecular weight is 421 g/mol. The molecule has 0 heterocycles. The smallest absolute Gasteiger partial charge is 0.266 e. The highest BCUT2D eigenvalue weighted by atomic mass is 32.2. The number of hydrogen-bond donors (Lipinski definition) is 1. The molecular formula is C24H24N2O3S. The van der Waals surface area contributed by atoms with E-state index in [2.05, 4.69) is 5.32 Å². The number of carbonyl (C=O) groups excluding carboxylic acids is 1. The van der Waals surface area contributed by atoms with Crippen LogP contribution in [0.4, 0.5) is 11.4 Å². The number of benzene rings is 3. The molecule has 0 aliphatic carbocycles. The maximum Gasteiger partial charge on any atom is 0.266 e. The van der Waals surface area contributed by atoms with Crippen molar-refractivity contribution in [3.63, 3.8) is 0 Å². The lowest BCUT2D eigenvalue weighted by atomic mass is 10.1. The number of para-hydroxylation sites is 2. The summed E-state index contributed by atoms with van der Waals surface area (Å²) in [5.41, 5.74) is 2.83. The fourth-order valence-corrected chi connectivity index (χ4v) is 4.65. The molecule has 1 N–H and O–H groups in total. The summed E-state index contributed by atoms with van der Waals surface area (Å²) in [5.74, 6) is -0.402. The molecule has 30 heavy (non-hydrogen) atoms. The highest BCUT2D eigenvalue weighted by molar-refractivity contribution is 7.93. The van der Waals surface area contributed by atoms with Crippen LogP contribution in [0, 0.1) is 6.92 Å². The molecule has 0 aliphatic heterocycles. The molecule has 0 radical (unpaired) electrons. The maximum absolute atomic E-state index is 13.3. The van der Waals surface area contributed by atoms with Crippen LogP contribution in [0.15, 0.2) is 89.8 Å². The predicted octanol–water partition coefficient (Wildman–Crippen LogP) is 4.86. The van der Waals surface area contributed by atoms with Crippen LogP contribution in [-0.2, 0) is 14.8 Å². The predicted molar refractivity (Wildman–Crippen MR) is 122 cm³/mol. The summed E-state index contributed by atoms with van der Waals surface area (Å²) in [6, 6.07) is 23.1. The normalized spacial score (nSPS) is 11.4. The van der Waals surface area contributed by atoms with Crippen molar-refractivity contribution in [3.8, 4) is 0 Å². The number of rotatable bonds is 7. The van der Waals surface area contributed by atoms with Gasteiger partial charge in [-0.15, -0.1) is 0 Å². The fourth-order valence-electron chi connectivity index (χ4n) is 3.02. The summed E-state index contributed by atoms with van der Waals surface area (Å²) < 4.78 is 28.0. The first-order chi connectivity index (χ1) is 14.4. The average Bonchev–Trinajstić information content (AvgIpc) is 2.75. The fraction of sp³-hybridized carbons (Fsp3) is 0.125. The molecule has 0 spiro atoms. The van der Waals surface area contributed by atoms with E-state index in [1.807, 2.05) is 37.3 Å². The Morgan fingerprint density at radius 1 is 0.933 bits per heavy atom. The second-order valence-electron chi connectivity index (χ2n) is 6.73. The van der Waals surface area contributed by atoms with Crippen molar-refractivity contribution in [3.05, 3.63) is 96.1 Å². The molecule has 154 valence electrons. The number of sulfonamides is 1. The quantitative estimate of drug-likeness (QED) is 0.555. The van der Waals surface area contributed by atoms with Crippen molar-refractivity contribution in [2.24, 2.45) is 0 Å². The van der Waals surface area contributed by atoms with Crippen LogP contribution in [0.3, 0.4) is 0 Å². The van der Waals surface area contributed by atoms with Gasteiger partial charge in [0.1, 0.15) is 4.90 Å². The monoisotopic (exact) mass is 420 g/mol. The van der Waals surface area contributed by atoms with Crippen molar-refractivity contribution < 1.29 is 13.2 Å². The van der Waals surface area contributed by atoms with Gasteiger partial charge in [0.2, 0.25) is 5.91 Å². The Morgan fingerprint density at radius 3 is 2.23 bits per heavy atom. The zero-order valence-electron chi connectivity index (χ0n) is 16.9. The molecule has 0 unspecified atom stereocenters. The van der Waals surface area contributed by atoms with Gasteiger partial charge in [-0.1, -0.05) is 60.2 Å². The van der Waals surface area contributed by atoms with Gasteiger partial charge < -0.3 is 5.32 Å². The molecule has 0 atom stereocenters. The van der Waals surface area contributed by atoms with Crippen LogP contribution in [0.5, 0.6) is 0 Å². The maximum atomic E-state index is 13.3. The molecule has 0 aliphatic rings. The number of hydrogen-bond acceptors (Lipinski definition) is 3. The zero-order chi connectivity index (χ0) is 21.6. The van der Waals surface area contributed by atoms with E-state index >= 15 is 0 Å².